The van der Waals surface area contributed by atoms with E-state index in [1.54, 1.807) is 0 Å². The number of amides is 1. The number of nitrogens with one attached hydrogen (secondary N) is 2. The van der Waals surface area contributed by atoms with Gasteiger partial charge in [0.25, 0.3) is 0 Å². The van der Waals surface area contributed by atoms with E-state index >= 15 is 0 Å². The number of carboxylic acids is 1. The Morgan fingerprint density at radius 3 is 2.84 bits per heavy atom. The molecule has 5 heteroatoms. The molecule has 100 valence electrons. The summed E-state index contributed by atoms with van der Waals surface area (Å²) < 4.78 is 0. The summed E-state index contributed by atoms with van der Waals surface area (Å²) in [6.07, 6.45) is 2.47. The molecule has 1 aromatic heterocycles. The van der Waals surface area contributed by atoms with Gasteiger partial charge in [0.05, 0.1) is 6.42 Å². The van der Waals surface area contributed by atoms with Crippen LogP contribution in [0.3, 0.4) is 0 Å². The number of rotatable bonds is 6. The average molecular weight is 259 g/mol. The molecule has 0 bridgehead atoms. The molecule has 0 atom stereocenters. The van der Waals surface area contributed by atoms with E-state index in [0.29, 0.717) is 13.0 Å². The number of hydrogen-bond acceptors (Lipinski definition) is 3. The Bertz CT molecular complexity index is 589. The van der Waals surface area contributed by atoms with Crippen LogP contribution < -0.4 is 10.4 Å². The highest BCUT2D eigenvalue weighted by Gasteiger charge is 2.07. The van der Waals surface area contributed by atoms with Gasteiger partial charge in [0.15, 0.2) is 0 Å². The lowest BCUT2D eigenvalue weighted by Gasteiger charge is -2.05. The topological polar surface area (TPSA) is 85.0 Å². The van der Waals surface area contributed by atoms with Gasteiger partial charge in [0.2, 0.25) is 5.91 Å². The van der Waals surface area contributed by atoms with Crippen LogP contribution in [0.2, 0.25) is 0 Å². The SMILES string of the molecule is O=C([O-])CCCNC(=O)Cc1c[nH]c2ccccc12. The van der Waals surface area contributed by atoms with E-state index in [1.807, 2.05) is 30.5 Å². The van der Waals surface area contributed by atoms with Gasteiger partial charge in [-0.3, -0.25) is 4.79 Å². The number of benzene rings is 1. The summed E-state index contributed by atoms with van der Waals surface area (Å²) in [5.41, 5.74) is 1.94. The van der Waals surface area contributed by atoms with E-state index in [9.17, 15) is 14.7 Å². The molecule has 19 heavy (non-hydrogen) atoms. The Morgan fingerprint density at radius 2 is 2.05 bits per heavy atom. The van der Waals surface area contributed by atoms with Crippen LogP contribution >= 0.6 is 0 Å². The van der Waals surface area contributed by atoms with Crippen LogP contribution in [0.4, 0.5) is 0 Å². The number of aliphatic carboxylic acids is 1. The van der Waals surface area contributed by atoms with Crippen LogP contribution in [-0.2, 0) is 16.0 Å². The van der Waals surface area contributed by atoms with Gasteiger partial charge in [-0.05, 0) is 24.5 Å². The monoisotopic (exact) mass is 259 g/mol. The number of aromatic amines is 1. The average Bonchev–Trinajstić information content (AvgIpc) is 2.78. The molecule has 2 rings (SSSR count). The summed E-state index contributed by atoms with van der Waals surface area (Å²) in [6.45, 7) is 0.356. The third-order valence-corrected chi connectivity index (χ3v) is 2.91. The normalized spacial score (nSPS) is 10.5. The van der Waals surface area contributed by atoms with Crippen LogP contribution in [0.1, 0.15) is 18.4 Å². The van der Waals surface area contributed by atoms with Gasteiger partial charge in [-0.2, -0.15) is 0 Å². The van der Waals surface area contributed by atoms with Crippen LogP contribution in [0.25, 0.3) is 10.9 Å². The van der Waals surface area contributed by atoms with E-state index in [0.717, 1.165) is 16.5 Å². The quantitative estimate of drug-likeness (QED) is 0.734. The van der Waals surface area contributed by atoms with Crippen LogP contribution in [-0.4, -0.2) is 23.4 Å². The van der Waals surface area contributed by atoms with Gasteiger partial charge in [0, 0.05) is 29.6 Å². The first-order valence-electron chi connectivity index (χ1n) is 6.18. The first kappa shape index (κ1) is 13.1. The highest BCUT2D eigenvalue weighted by Crippen LogP contribution is 2.17. The largest absolute Gasteiger partial charge is 0.550 e. The highest BCUT2D eigenvalue weighted by molar-refractivity contribution is 5.88. The molecule has 1 aromatic carbocycles. The number of aromatic nitrogens is 1. The van der Waals surface area contributed by atoms with Crippen molar-refractivity contribution in [3.63, 3.8) is 0 Å². The molecule has 2 N–H and O–H groups in total. The number of carbonyl (C=O) groups is 2. The summed E-state index contributed by atoms with van der Waals surface area (Å²) in [6, 6.07) is 7.78. The molecule has 0 aliphatic carbocycles. The molecule has 0 saturated carbocycles. The Morgan fingerprint density at radius 1 is 1.26 bits per heavy atom. The lowest BCUT2D eigenvalue weighted by Crippen LogP contribution is -2.28. The molecule has 0 unspecified atom stereocenters. The van der Waals surface area contributed by atoms with Gasteiger partial charge in [0.1, 0.15) is 0 Å². The molecule has 0 radical (unpaired) electrons. The third kappa shape index (κ3) is 3.58. The minimum Gasteiger partial charge on any atom is -0.550 e. The van der Waals surface area contributed by atoms with E-state index in [1.165, 1.54) is 0 Å². The van der Waals surface area contributed by atoms with Gasteiger partial charge in [-0.1, -0.05) is 18.2 Å². The number of carboxylic acid groups (broad SMARTS) is 1. The second-order valence-electron chi connectivity index (χ2n) is 4.36. The minimum absolute atomic E-state index is 0.0344. The Hall–Kier alpha value is -2.30. The van der Waals surface area contributed by atoms with Gasteiger partial charge >= 0.3 is 0 Å². The van der Waals surface area contributed by atoms with Crippen molar-refractivity contribution in [3.8, 4) is 0 Å². The van der Waals surface area contributed by atoms with Gasteiger partial charge in [-0.25, -0.2) is 0 Å². The first-order valence-corrected chi connectivity index (χ1v) is 6.18. The highest BCUT2D eigenvalue weighted by atomic mass is 16.4. The standard InChI is InChI=1S/C14H16N2O3/c17-13(15-7-3-6-14(18)19)8-10-9-16-12-5-2-1-4-11(10)12/h1-2,4-5,9,16H,3,6-8H2,(H,15,17)(H,18,19)/p-1. The predicted molar refractivity (Wildman–Crippen MR) is 69.3 cm³/mol. The van der Waals surface area contributed by atoms with Crippen molar-refractivity contribution in [3.05, 3.63) is 36.0 Å². The van der Waals surface area contributed by atoms with Crippen molar-refractivity contribution in [2.24, 2.45) is 0 Å². The molecule has 0 aliphatic heterocycles. The summed E-state index contributed by atoms with van der Waals surface area (Å²) in [4.78, 5) is 25.0. The molecule has 0 aliphatic rings. The fourth-order valence-electron chi connectivity index (χ4n) is 1.97. The van der Waals surface area contributed by atoms with E-state index < -0.39 is 5.97 Å². The first-order chi connectivity index (χ1) is 9.16. The summed E-state index contributed by atoms with van der Waals surface area (Å²) >= 11 is 0. The Kier molecular flexibility index (Phi) is 4.18. The molecular weight excluding hydrogens is 244 g/mol. The maximum Gasteiger partial charge on any atom is 0.224 e. The third-order valence-electron chi connectivity index (χ3n) is 2.91. The molecule has 0 fully saturated rings. The van der Waals surface area contributed by atoms with Crippen molar-refractivity contribution in [1.29, 1.82) is 0 Å². The molecule has 0 saturated heterocycles. The number of fused-ring (bicyclic) bond motifs is 1. The van der Waals surface area contributed by atoms with E-state index in [2.05, 4.69) is 10.3 Å². The zero-order chi connectivity index (χ0) is 13.7. The molecule has 2 aromatic rings. The van der Waals surface area contributed by atoms with Crippen molar-refractivity contribution >= 4 is 22.8 Å². The van der Waals surface area contributed by atoms with E-state index in [-0.39, 0.29) is 18.7 Å². The molecule has 1 amide bonds. The molecule has 1 heterocycles. The Labute approximate surface area is 110 Å². The fourth-order valence-corrected chi connectivity index (χ4v) is 1.97. The van der Waals surface area contributed by atoms with Crippen molar-refractivity contribution in [2.45, 2.75) is 19.3 Å². The zero-order valence-electron chi connectivity index (χ0n) is 10.4. The van der Waals surface area contributed by atoms with Crippen molar-refractivity contribution < 1.29 is 14.7 Å². The maximum absolute atomic E-state index is 11.7. The number of H-pyrrole nitrogens is 1. The lowest BCUT2D eigenvalue weighted by molar-refractivity contribution is -0.305. The second-order valence-corrected chi connectivity index (χ2v) is 4.36. The maximum atomic E-state index is 11.7. The van der Waals surface area contributed by atoms with Gasteiger partial charge < -0.3 is 20.2 Å². The molecular formula is C14H15N2O3-. The molecule has 0 spiro atoms. The minimum atomic E-state index is -1.09. The summed E-state index contributed by atoms with van der Waals surface area (Å²) in [5, 5.41) is 14.0. The lowest BCUT2D eigenvalue weighted by atomic mass is 10.1. The number of hydrogen-bond donors (Lipinski definition) is 2. The zero-order valence-corrected chi connectivity index (χ0v) is 10.4. The summed E-state index contributed by atoms with van der Waals surface area (Å²) in [7, 11) is 0. The number of para-hydroxylation sites is 1. The number of carbonyl (C=O) groups excluding carboxylic acids is 2. The Balaban J connectivity index is 1.87. The molecule has 5 nitrogen and oxygen atoms in total. The van der Waals surface area contributed by atoms with Gasteiger partial charge in [-0.15, -0.1) is 0 Å². The van der Waals surface area contributed by atoms with Crippen molar-refractivity contribution in [2.75, 3.05) is 6.54 Å². The van der Waals surface area contributed by atoms with E-state index in [4.69, 9.17) is 0 Å². The predicted octanol–water partition coefficient (Wildman–Crippen LogP) is 0.357. The fraction of sp³-hybridized carbons (Fsp3) is 0.286. The smallest absolute Gasteiger partial charge is 0.224 e. The van der Waals surface area contributed by atoms with Crippen molar-refractivity contribution in [1.82, 2.24) is 10.3 Å². The van der Waals surface area contributed by atoms with Crippen LogP contribution in [0.15, 0.2) is 30.5 Å². The van der Waals surface area contributed by atoms with Crippen LogP contribution in [0, 0.1) is 0 Å². The summed E-state index contributed by atoms with van der Waals surface area (Å²) in [5.74, 6) is -1.20. The second kappa shape index (κ2) is 6.04. The van der Waals surface area contributed by atoms with Crippen LogP contribution in [0.5, 0.6) is 0 Å².